The van der Waals surface area contributed by atoms with Gasteiger partial charge in [-0.3, -0.25) is 0 Å². The average molecular weight is 254 g/mol. The molecule has 66 valence electrons. The minimum absolute atomic E-state index is 0. The van der Waals surface area contributed by atoms with Crippen molar-refractivity contribution in [3.05, 3.63) is 0 Å². The molecule has 0 unspecified atom stereocenters. The van der Waals surface area contributed by atoms with Gasteiger partial charge >= 0.3 is 101 Å². The fraction of sp³-hybridized carbons (Fsp3) is 1.00. The molecule has 0 rings (SSSR count). The van der Waals surface area contributed by atoms with Crippen molar-refractivity contribution in [2.24, 2.45) is 0 Å². The number of rotatable bonds is 5. The van der Waals surface area contributed by atoms with E-state index in [0.29, 0.717) is 6.61 Å². The Morgan fingerprint density at radius 3 is 2.00 bits per heavy atom. The Labute approximate surface area is 100 Å². The molecule has 0 N–H and O–H groups in total. The van der Waals surface area contributed by atoms with Crippen LogP contribution in [0.1, 0.15) is 13.3 Å². The summed E-state index contributed by atoms with van der Waals surface area (Å²) >= 11 is -3.79. The molecule has 0 aromatic carbocycles. The summed E-state index contributed by atoms with van der Waals surface area (Å²) in [7, 11) is 2.64. The summed E-state index contributed by atoms with van der Waals surface area (Å²) in [6, 6.07) is 0. The van der Waals surface area contributed by atoms with Crippen LogP contribution >= 0.6 is 0 Å². The summed E-state index contributed by atoms with van der Waals surface area (Å²) in [5.74, 6) is 0. The van der Waals surface area contributed by atoms with E-state index in [1.807, 2.05) is 6.92 Å². The first kappa shape index (κ1) is 15.0. The topological polar surface area (TPSA) is 44.8 Å². The fourth-order valence-corrected chi connectivity index (χ4v) is 1.99. The Morgan fingerprint density at radius 1 is 1.27 bits per heavy atom. The van der Waals surface area contributed by atoms with Crippen LogP contribution in [-0.2, 0) is 14.9 Å². The van der Waals surface area contributed by atoms with Gasteiger partial charge in [-0.25, -0.2) is 0 Å². The van der Waals surface area contributed by atoms with Gasteiger partial charge in [0.25, 0.3) is 0 Å². The third-order valence-corrected chi connectivity index (χ3v) is 3.82. The van der Waals surface area contributed by atoms with Crippen molar-refractivity contribution in [1.29, 1.82) is 0 Å². The molecule has 6 heteroatoms. The van der Waals surface area contributed by atoms with E-state index >= 15 is 0 Å². The normalized spacial score (nSPS) is 10.8. The molecule has 0 bridgehead atoms. The third-order valence-electron chi connectivity index (χ3n) is 0.901. The van der Waals surface area contributed by atoms with Crippen LogP contribution in [0.3, 0.4) is 0 Å². The van der Waals surface area contributed by atoms with Crippen molar-refractivity contribution < 1.29 is 14.9 Å². The molecule has 0 aromatic heterocycles. The van der Waals surface area contributed by atoms with Crippen LogP contribution in [0.2, 0.25) is 0 Å². The standard InChI is InChI=1S/C5H13AsO4.Ca.2H/c1-4-5-10-6(7,8-2)9-3;;;/h4-5H2,1-3H3;;;. The Balaban J connectivity index is 0. The summed E-state index contributed by atoms with van der Waals surface area (Å²) in [5, 5.41) is 0. The molecule has 0 amide bonds. The van der Waals surface area contributed by atoms with Gasteiger partial charge in [-0.15, -0.1) is 0 Å². The fourth-order valence-electron chi connectivity index (χ4n) is 0.383. The molecule has 11 heavy (non-hydrogen) atoms. The molecule has 0 radical (unpaired) electrons. The second-order valence-corrected chi connectivity index (χ2v) is 5.60. The molecule has 0 aliphatic carbocycles. The summed E-state index contributed by atoms with van der Waals surface area (Å²) in [5.41, 5.74) is 0. The zero-order valence-electron chi connectivity index (χ0n) is 6.49. The first-order valence-electron chi connectivity index (χ1n) is 3.04. The second-order valence-electron chi connectivity index (χ2n) is 1.65. The quantitative estimate of drug-likeness (QED) is 0.629. The van der Waals surface area contributed by atoms with E-state index in [-0.39, 0.29) is 37.7 Å². The van der Waals surface area contributed by atoms with Gasteiger partial charge in [0.1, 0.15) is 0 Å². The van der Waals surface area contributed by atoms with Crippen molar-refractivity contribution in [3.8, 4) is 0 Å². The molecular formula is C5H15AsCaO4. The predicted molar refractivity (Wildman–Crippen MR) is 45.2 cm³/mol. The maximum atomic E-state index is 11.1. The SMILES string of the molecule is CCCO[As](=O)(OC)OC.[CaH2]. The van der Waals surface area contributed by atoms with Crippen molar-refractivity contribution >= 4 is 52.3 Å². The first-order valence-corrected chi connectivity index (χ1v) is 6.11. The van der Waals surface area contributed by atoms with Gasteiger partial charge in [0.2, 0.25) is 0 Å². The summed E-state index contributed by atoms with van der Waals surface area (Å²) in [4.78, 5) is 0. The minimum atomic E-state index is -3.79. The molecule has 0 aliphatic heterocycles. The van der Waals surface area contributed by atoms with Crippen LogP contribution in [0.4, 0.5) is 0 Å². The third kappa shape index (κ3) is 6.64. The van der Waals surface area contributed by atoms with Crippen molar-refractivity contribution in [2.75, 3.05) is 20.8 Å². The molecule has 0 heterocycles. The van der Waals surface area contributed by atoms with E-state index in [9.17, 15) is 3.74 Å². The maximum absolute atomic E-state index is 11.1. The van der Waals surface area contributed by atoms with E-state index < -0.39 is 14.5 Å². The zero-order chi connectivity index (χ0) is 8.04. The second kappa shape index (κ2) is 8.11. The summed E-state index contributed by atoms with van der Waals surface area (Å²) < 4.78 is 25.1. The summed E-state index contributed by atoms with van der Waals surface area (Å²) in [6.07, 6.45) is 0.804. The summed E-state index contributed by atoms with van der Waals surface area (Å²) in [6.45, 7) is 2.34. The first-order chi connectivity index (χ1) is 4.68. The van der Waals surface area contributed by atoms with Crippen LogP contribution in [0.25, 0.3) is 0 Å². The molecule has 0 aliphatic rings. The molecule has 0 saturated carbocycles. The van der Waals surface area contributed by atoms with Crippen LogP contribution < -0.4 is 0 Å². The molecule has 0 aromatic rings. The molecule has 0 saturated heterocycles. The van der Waals surface area contributed by atoms with E-state index in [2.05, 4.69) is 7.45 Å². The van der Waals surface area contributed by atoms with E-state index in [4.69, 9.17) is 3.73 Å². The van der Waals surface area contributed by atoms with Gasteiger partial charge in [0.05, 0.1) is 0 Å². The predicted octanol–water partition coefficient (Wildman–Crippen LogP) is -0.344. The van der Waals surface area contributed by atoms with Gasteiger partial charge in [0, 0.05) is 0 Å². The Morgan fingerprint density at radius 2 is 1.73 bits per heavy atom. The Bertz CT molecular complexity index is 122. The van der Waals surface area contributed by atoms with Gasteiger partial charge in [-0.2, -0.15) is 0 Å². The molecule has 0 atom stereocenters. The van der Waals surface area contributed by atoms with Crippen LogP contribution in [-0.4, -0.2) is 73.1 Å². The number of hydrogen-bond acceptors (Lipinski definition) is 4. The van der Waals surface area contributed by atoms with Crippen molar-refractivity contribution in [1.82, 2.24) is 0 Å². The van der Waals surface area contributed by atoms with E-state index in [0.717, 1.165) is 6.42 Å². The van der Waals surface area contributed by atoms with Crippen molar-refractivity contribution in [2.45, 2.75) is 13.3 Å². The molecular weight excluding hydrogens is 239 g/mol. The molecule has 0 spiro atoms. The van der Waals surface area contributed by atoms with Crippen LogP contribution in [0.15, 0.2) is 0 Å². The Kier molecular flexibility index (Phi) is 11.1. The zero-order valence-corrected chi connectivity index (χ0v) is 8.37. The number of hydrogen-bond donors (Lipinski definition) is 0. The average Bonchev–Trinajstić information content (AvgIpc) is 2.00. The van der Waals surface area contributed by atoms with E-state index in [1.54, 1.807) is 0 Å². The van der Waals surface area contributed by atoms with Crippen LogP contribution in [0.5, 0.6) is 0 Å². The van der Waals surface area contributed by atoms with Crippen molar-refractivity contribution in [3.63, 3.8) is 0 Å². The molecule has 4 nitrogen and oxygen atoms in total. The van der Waals surface area contributed by atoms with E-state index in [1.165, 1.54) is 14.2 Å². The molecule has 0 fully saturated rings. The Hall–Kier alpha value is 1.50. The van der Waals surface area contributed by atoms with Gasteiger partial charge in [-0.1, -0.05) is 0 Å². The van der Waals surface area contributed by atoms with Crippen LogP contribution in [0, 0.1) is 0 Å². The van der Waals surface area contributed by atoms with Gasteiger partial charge in [-0.05, 0) is 0 Å². The monoisotopic (exact) mass is 254 g/mol. The van der Waals surface area contributed by atoms with Gasteiger partial charge in [0.15, 0.2) is 0 Å². The van der Waals surface area contributed by atoms with Gasteiger partial charge < -0.3 is 0 Å².